The highest BCUT2D eigenvalue weighted by Crippen LogP contribution is 2.49. The number of carbonyl (C=O) groups is 1. The first-order chi connectivity index (χ1) is 9.94. The molecule has 1 aliphatic heterocycles. The third-order valence-corrected chi connectivity index (χ3v) is 6.24. The van der Waals surface area contributed by atoms with E-state index < -0.39 is 10.0 Å². The van der Waals surface area contributed by atoms with E-state index in [1.54, 1.807) is 0 Å². The second-order valence-corrected chi connectivity index (χ2v) is 8.92. The van der Waals surface area contributed by atoms with Gasteiger partial charge in [0.15, 0.2) is 0 Å². The fraction of sp³-hybridized carbons (Fsp3) is 0.933. The Morgan fingerprint density at radius 2 is 2.00 bits per heavy atom. The van der Waals surface area contributed by atoms with E-state index in [-0.39, 0.29) is 12.0 Å². The number of rotatable bonds is 4. The molecule has 0 aromatic rings. The summed E-state index contributed by atoms with van der Waals surface area (Å²) in [4.78, 5) is 14.9. The minimum absolute atomic E-state index is 0.0418. The fourth-order valence-corrected chi connectivity index (χ4v) is 5.01. The van der Waals surface area contributed by atoms with Gasteiger partial charge in [0.1, 0.15) is 0 Å². The highest BCUT2D eigenvalue weighted by molar-refractivity contribution is 7.88. The molecule has 0 radical (unpaired) electrons. The maximum atomic E-state index is 12.9. The lowest BCUT2D eigenvalue weighted by atomic mass is 9.86. The predicted molar refractivity (Wildman–Crippen MR) is 81.1 cm³/mol. The first kappa shape index (κ1) is 15.3. The quantitative estimate of drug-likeness (QED) is 0.852. The van der Waals surface area contributed by atoms with Gasteiger partial charge in [-0.1, -0.05) is 6.42 Å². The molecule has 1 heterocycles. The zero-order valence-corrected chi connectivity index (χ0v) is 13.6. The monoisotopic (exact) mass is 314 g/mol. The van der Waals surface area contributed by atoms with Crippen molar-refractivity contribution in [3.63, 3.8) is 0 Å². The van der Waals surface area contributed by atoms with Gasteiger partial charge in [0.05, 0.1) is 6.26 Å². The Kier molecular flexibility index (Phi) is 4.28. The minimum atomic E-state index is -3.19. The molecular formula is C15H26N2O3S. The van der Waals surface area contributed by atoms with E-state index in [2.05, 4.69) is 4.72 Å². The number of amides is 1. The van der Waals surface area contributed by atoms with Crippen LogP contribution in [0.2, 0.25) is 0 Å². The smallest absolute Gasteiger partial charge is 0.226 e. The average molecular weight is 314 g/mol. The Labute approximate surface area is 127 Å². The highest BCUT2D eigenvalue weighted by atomic mass is 32.2. The largest absolute Gasteiger partial charge is 0.338 e. The standard InChI is InChI=1S/C15H26N2O3S/c1-21(19,20)16-10-13-4-2-3-7-17(13)15(18)14-9-11-5-6-12(14)8-11/h11-14,16H,2-10H2,1H3/t11-,12-,13+,14+/m0/s1. The van der Waals surface area contributed by atoms with E-state index in [9.17, 15) is 13.2 Å². The van der Waals surface area contributed by atoms with Crippen LogP contribution in [0.25, 0.3) is 0 Å². The molecule has 21 heavy (non-hydrogen) atoms. The van der Waals surface area contributed by atoms with Crippen molar-refractivity contribution in [2.24, 2.45) is 17.8 Å². The van der Waals surface area contributed by atoms with Crippen molar-refractivity contribution in [2.45, 2.75) is 51.0 Å². The van der Waals surface area contributed by atoms with Crippen LogP contribution in [0.1, 0.15) is 44.9 Å². The summed E-state index contributed by atoms with van der Waals surface area (Å²) in [5.41, 5.74) is 0. The molecule has 5 nitrogen and oxygen atoms in total. The molecule has 1 saturated heterocycles. The molecule has 3 aliphatic rings. The molecule has 2 saturated carbocycles. The van der Waals surface area contributed by atoms with Crippen LogP contribution >= 0.6 is 0 Å². The summed E-state index contributed by atoms with van der Waals surface area (Å²) in [6.07, 6.45) is 9.02. The van der Waals surface area contributed by atoms with Crippen LogP contribution in [-0.2, 0) is 14.8 Å². The molecule has 0 spiro atoms. The molecule has 0 unspecified atom stereocenters. The molecule has 1 amide bonds. The zero-order valence-electron chi connectivity index (χ0n) is 12.8. The van der Waals surface area contributed by atoms with Crippen LogP contribution in [0, 0.1) is 17.8 Å². The van der Waals surface area contributed by atoms with Crippen LogP contribution in [0.15, 0.2) is 0 Å². The lowest BCUT2D eigenvalue weighted by Crippen LogP contribution is -2.51. The van der Waals surface area contributed by atoms with Crippen molar-refractivity contribution >= 4 is 15.9 Å². The van der Waals surface area contributed by atoms with E-state index in [0.29, 0.717) is 18.4 Å². The second-order valence-electron chi connectivity index (χ2n) is 7.08. The number of carbonyl (C=O) groups excluding carboxylic acids is 1. The summed E-state index contributed by atoms with van der Waals surface area (Å²) in [7, 11) is -3.19. The van der Waals surface area contributed by atoms with Gasteiger partial charge in [0.2, 0.25) is 15.9 Å². The number of fused-ring (bicyclic) bond motifs is 2. The van der Waals surface area contributed by atoms with Gasteiger partial charge in [-0.05, 0) is 50.4 Å². The SMILES string of the molecule is CS(=O)(=O)NC[C@H]1CCCCN1C(=O)[C@@H]1C[C@H]2CC[C@H]1C2. The molecular weight excluding hydrogens is 288 g/mol. The van der Waals surface area contributed by atoms with Gasteiger partial charge in [-0.2, -0.15) is 0 Å². The molecule has 0 aromatic carbocycles. The molecule has 3 rings (SSSR count). The topological polar surface area (TPSA) is 66.5 Å². The Hall–Kier alpha value is -0.620. The lowest BCUT2D eigenvalue weighted by Gasteiger charge is -2.38. The normalized spacial score (nSPS) is 36.1. The summed E-state index contributed by atoms with van der Waals surface area (Å²) in [5, 5.41) is 0. The van der Waals surface area contributed by atoms with E-state index in [0.717, 1.165) is 38.1 Å². The summed E-state index contributed by atoms with van der Waals surface area (Å²) < 4.78 is 25.2. The van der Waals surface area contributed by atoms with Gasteiger partial charge in [-0.3, -0.25) is 4.79 Å². The molecule has 2 aliphatic carbocycles. The minimum Gasteiger partial charge on any atom is -0.338 e. The van der Waals surface area contributed by atoms with E-state index in [1.165, 1.54) is 25.5 Å². The third kappa shape index (κ3) is 3.42. The number of hydrogen-bond acceptors (Lipinski definition) is 3. The van der Waals surface area contributed by atoms with E-state index in [4.69, 9.17) is 0 Å². The van der Waals surface area contributed by atoms with Crippen molar-refractivity contribution in [3.05, 3.63) is 0 Å². The Bertz CT molecular complexity index is 505. The number of nitrogens with one attached hydrogen (secondary N) is 1. The van der Waals surface area contributed by atoms with Crippen molar-refractivity contribution in [1.82, 2.24) is 9.62 Å². The zero-order chi connectivity index (χ0) is 15.0. The van der Waals surface area contributed by atoms with Gasteiger partial charge in [-0.15, -0.1) is 0 Å². The molecule has 4 atom stereocenters. The first-order valence-corrected chi connectivity index (χ1v) is 10.1. The van der Waals surface area contributed by atoms with E-state index in [1.807, 2.05) is 4.90 Å². The fourth-order valence-electron chi connectivity index (χ4n) is 4.51. The molecule has 1 N–H and O–H groups in total. The van der Waals surface area contributed by atoms with Crippen molar-refractivity contribution in [3.8, 4) is 0 Å². The van der Waals surface area contributed by atoms with Crippen molar-refractivity contribution < 1.29 is 13.2 Å². The number of hydrogen-bond donors (Lipinski definition) is 1. The lowest BCUT2D eigenvalue weighted by molar-refractivity contribution is -0.140. The summed E-state index contributed by atoms with van der Waals surface area (Å²) in [6.45, 7) is 1.16. The number of sulfonamides is 1. The van der Waals surface area contributed by atoms with Gasteiger partial charge < -0.3 is 4.90 Å². The third-order valence-electron chi connectivity index (χ3n) is 5.55. The number of nitrogens with zero attached hydrogens (tertiary/aromatic N) is 1. The molecule has 120 valence electrons. The van der Waals surface area contributed by atoms with Crippen LogP contribution in [0.3, 0.4) is 0 Å². The van der Waals surface area contributed by atoms with Crippen molar-refractivity contribution in [1.29, 1.82) is 0 Å². The van der Waals surface area contributed by atoms with Gasteiger partial charge >= 0.3 is 0 Å². The first-order valence-electron chi connectivity index (χ1n) is 8.19. The second kappa shape index (κ2) is 5.88. The van der Waals surface area contributed by atoms with Crippen LogP contribution < -0.4 is 4.72 Å². The van der Waals surface area contributed by atoms with E-state index >= 15 is 0 Å². The van der Waals surface area contributed by atoms with Gasteiger partial charge in [-0.25, -0.2) is 13.1 Å². The average Bonchev–Trinajstić information content (AvgIpc) is 3.06. The molecule has 6 heteroatoms. The maximum absolute atomic E-state index is 12.9. The van der Waals surface area contributed by atoms with Crippen LogP contribution in [0.4, 0.5) is 0 Å². The summed E-state index contributed by atoms with van der Waals surface area (Å²) in [5.74, 6) is 1.86. The molecule has 0 aromatic heterocycles. The Morgan fingerprint density at radius 3 is 2.62 bits per heavy atom. The number of piperidine rings is 1. The molecule has 3 fully saturated rings. The van der Waals surface area contributed by atoms with Crippen LogP contribution in [0.5, 0.6) is 0 Å². The predicted octanol–water partition coefficient (Wildman–Crippen LogP) is 1.35. The van der Waals surface area contributed by atoms with Gasteiger partial charge in [0.25, 0.3) is 0 Å². The van der Waals surface area contributed by atoms with Crippen molar-refractivity contribution in [2.75, 3.05) is 19.3 Å². The molecule has 2 bridgehead atoms. The van der Waals surface area contributed by atoms with Gasteiger partial charge in [0, 0.05) is 25.0 Å². The maximum Gasteiger partial charge on any atom is 0.226 e. The Balaban J connectivity index is 1.64. The summed E-state index contributed by atoms with van der Waals surface area (Å²) in [6, 6.07) is 0.0418. The Morgan fingerprint density at radius 1 is 1.19 bits per heavy atom. The highest BCUT2D eigenvalue weighted by Gasteiger charge is 2.45. The number of likely N-dealkylation sites (tertiary alicyclic amines) is 1. The van der Waals surface area contributed by atoms with Crippen LogP contribution in [-0.4, -0.2) is 44.6 Å². The summed E-state index contributed by atoms with van der Waals surface area (Å²) >= 11 is 0.